The van der Waals surface area contributed by atoms with Crippen molar-refractivity contribution in [3.8, 4) is 11.5 Å². The fourth-order valence-corrected chi connectivity index (χ4v) is 3.15. The normalized spacial score (nSPS) is 12.7. The topological polar surface area (TPSA) is 84.9 Å². The summed E-state index contributed by atoms with van der Waals surface area (Å²) in [6.45, 7) is 7.97. The minimum Gasteiger partial charge on any atom is -0.507 e. The first kappa shape index (κ1) is 21.3. The van der Waals surface area contributed by atoms with E-state index >= 15 is 0 Å². The second kappa shape index (κ2) is 9.26. The molecule has 0 aliphatic rings. The summed E-state index contributed by atoms with van der Waals surface area (Å²) >= 11 is 0. The number of para-hydroxylation sites is 1. The first-order chi connectivity index (χ1) is 13.4. The van der Waals surface area contributed by atoms with Crippen LogP contribution < -0.4 is 10.1 Å². The Hall–Kier alpha value is -3.02. The second-order valence-corrected chi connectivity index (χ2v) is 6.59. The fraction of sp³-hybridized carbons (Fsp3) is 0.364. The van der Waals surface area contributed by atoms with Crippen molar-refractivity contribution in [2.24, 2.45) is 0 Å². The first-order valence-electron chi connectivity index (χ1n) is 9.29. The largest absolute Gasteiger partial charge is 0.507 e. The molecule has 1 unspecified atom stereocenters. The molecular weight excluding hydrogens is 358 g/mol. The first-order valence-corrected chi connectivity index (χ1v) is 9.29. The standard InChI is InChI=1S/C22H27NO5/c1-5-27-20-12-19(25)17(11-15(20)3)22(4,14-24)16-9-7-8-10-18(16)23-13-21(26)28-6-2/h7-12,14,23,25H,5-6,13H2,1-4H3. The van der Waals surface area contributed by atoms with E-state index in [1.54, 1.807) is 32.0 Å². The van der Waals surface area contributed by atoms with Crippen molar-refractivity contribution < 1.29 is 24.2 Å². The van der Waals surface area contributed by atoms with E-state index in [0.29, 0.717) is 35.8 Å². The zero-order valence-electron chi connectivity index (χ0n) is 16.7. The van der Waals surface area contributed by atoms with Crippen LogP contribution in [0.4, 0.5) is 5.69 Å². The Balaban J connectivity index is 2.48. The van der Waals surface area contributed by atoms with Gasteiger partial charge in [-0.2, -0.15) is 0 Å². The van der Waals surface area contributed by atoms with Crippen molar-refractivity contribution in [3.63, 3.8) is 0 Å². The lowest BCUT2D eigenvalue weighted by Crippen LogP contribution is -2.28. The number of nitrogens with one attached hydrogen (secondary N) is 1. The molecule has 0 aromatic heterocycles. The molecule has 0 fully saturated rings. The van der Waals surface area contributed by atoms with Gasteiger partial charge in [0.15, 0.2) is 0 Å². The van der Waals surface area contributed by atoms with Gasteiger partial charge in [-0.1, -0.05) is 18.2 Å². The molecule has 1 atom stereocenters. The average molecular weight is 385 g/mol. The molecule has 0 radical (unpaired) electrons. The molecule has 0 spiro atoms. The van der Waals surface area contributed by atoms with Crippen LogP contribution in [0.2, 0.25) is 0 Å². The molecule has 28 heavy (non-hydrogen) atoms. The van der Waals surface area contributed by atoms with E-state index in [-0.39, 0.29) is 18.3 Å². The minimum atomic E-state index is -1.13. The van der Waals surface area contributed by atoms with Crippen molar-refractivity contribution >= 4 is 17.9 Å². The van der Waals surface area contributed by atoms with Crippen LogP contribution in [0.25, 0.3) is 0 Å². The summed E-state index contributed by atoms with van der Waals surface area (Å²) in [6, 6.07) is 10.5. The highest BCUT2D eigenvalue weighted by Crippen LogP contribution is 2.41. The maximum atomic E-state index is 12.2. The Morgan fingerprint density at radius 2 is 1.89 bits per heavy atom. The summed E-state index contributed by atoms with van der Waals surface area (Å²) in [5.74, 6) is 0.166. The summed E-state index contributed by atoms with van der Waals surface area (Å²) in [5.41, 5.74) is 1.43. The Labute approximate surface area is 165 Å². The number of esters is 1. The van der Waals surface area contributed by atoms with Crippen LogP contribution in [0.3, 0.4) is 0 Å². The molecule has 0 bridgehead atoms. The van der Waals surface area contributed by atoms with Gasteiger partial charge in [-0.25, -0.2) is 0 Å². The summed E-state index contributed by atoms with van der Waals surface area (Å²) in [5, 5.41) is 13.6. The Bertz CT molecular complexity index is 849. The molecule has 0 heterocycles. The van der Waals surface area contributed by atoms with Gasteiger partial charge in [-0.3, -0.25) is 4.79 Å². The number of anilines is 1. The molecule has 0 saturated heterocycles. The van der Waals surface area contributed by atoms with Crippen molar-refractivity contribution in [1.29, 1.82) is 0 Å². The number of aryl methyl sites for hydroxylation is 1. The van der Waals surface area contributed by atoms with Crippen LogP contribution in [0.1, 0.15) is 37.5 Å². The monoisotopic (exact) mass is 385 g/mol. The summed E-state index contributed by atoms with van der Waals surface area (Å²) in [6.07, 6.45) is 0.798. The van der Waals surface area contributed by atoms with Crippen LogP contribution in [-0.2, 0) is 19.7 Å². The van der Waals surface area contributed by atoms with Crippen LogP contribution in [0, 0.1) is 6.92 Å². The molecule has 2 aromatic rings. The number of phenols is 1. The summed E-state index contributed by atoms with van der Waals surface area (Å²) in [7, 11) is 0. The van der Waals surface area contributed by atoms with Gasteiger partial charge < -0.3 is 24.7 Å². The highest BCUT2D eigenvalue weighted by Gasteiger charge is 2.34. The maximum absolute atomic E-state index is 12.2. The number of ether oxygens (including phenoxy) is 2. The average Bonchev–Trinajstić information content (AvgIpc) is 2.69. The zero-order chi connectivity index (χ0) is 20.7. The number of phenolic OH excluding ortho intramolecular Hbond substituents is 1. The number of hydrogen-bond acceptors (Lipinski definition) is 6. The number of aldehydes is 1. The van der Waals surface area contributed by atoms with E-state index < -0.39 is 5.41 Å². The molecule has 0 amide bonds. The molecular formula is C22H27NO5. The van der Waals surface area contributed by atoms with Gasteiger partial charge in [0.25, 0.3) is 0 Å². The molecule has 6 nitrogen and oxygen atoms in total. The third-order valence-electron chi connectivity index (χ3n) is 4.60. The van der Waals surface area contributed by atoms with E-state index in [1.807, 2.05) is 26.0 Å². The van der Waals surface area contributed by atoms with Crippen molar-refractivity contribution in [3.05, 3.63) is 53.1 Å². The molecule has 0 aliphatic heterocycles. The summed E-state index contributed by atoms with van der Waals surface area (Å²) in [4.78, 5) is 23.9. The van der Waals surface area contributed by atoms with Gasteiger partial charge >= 0.3 is 5.97 Å². The lowest BCUT2D eigenvalue weighted by Gasteiger charge is -2.28. The summed E-state index contributed by atoms with van der Waals surface area (Å²) < 4.78 is 10.5. The van der Waals surface area contributed by atoms with Crippen molar-refractivity contribution in [1.82, 2.24) is 0 Å². The minimum absolute atomic E-state index is 0.0198. The molecule has 2 aromatic carbocycles. The molecule has 150 valence electrons. The maximum Gasteiger partial charge on any atom is 0.325 e. The molecule has 2 N–H and O–H groups in total. The lowest BCUT2D eigenvalue weighted by atomic mass is 9.75. The lowest BCUT2D eigenvalue weighted by molar-refractivity contribution is -0.140. The van der Waals surface area contributed by atoms with Gasteiger partial charge in [0.1, 0.15) is 24.3 Å². The van der Waals surface area contributed by atoms with Crippen LogP contribution in [-0.4, -0.2) is 37.1 Å². The third kappa shape index (κ3) is 4.44. The fourth-order valence-electron chi connectivity index (χ4n) is 3.15. The molecule has 0 aliphatic carbocycles. The highest BCUT2D eigenvalue weighted by molar-refractivity contribution is 5.82. The molecule has 6 heteroatoms. The van der Waals surface area contributed by atoms with Gasteiger partial charge in [0.05, 0.1) is 18.6 Å². The van der Waals surface area contributed by atoms with Gasteiger partial charge in [0.2, 0.25) is 0 Å². The SMILES string of the molecule is CCOC(=O)CNc1ccccc1C(C)(C=O)c1cc(C)c(OCC)cc1O. The number of aromatic hydroxyl groups is 1. The van der Waals surface area contributed by atoms with Crippen LogP contribution >= 0.6 is 0 Å². The number of rotatable bonds is 9. The Morgan fingerprint density at radius 3 is 2.54 bits per heavy atom. The van der Waals surface area contributed by atoms with E-state index in [9.17, 15) is 14.7 Å². The highest BCUT2D eigenvalue weighted by atomic mass is 16.5. The van der Waals surface area contributed by atoms with E-state index in [1.165, 1.54) is 6.07 Å². The number of carbonyl (C=O) groups is 2. The zero-order valence-corrected chi connectivity index (χ0v) is 16.7. The Morgan fingerprint density at radius 1 is 1.18 bits per heavy atom. The van der Waals surface area contributed by atoms with Crippen LogP contribution in [0.15, 0.2) is 36.4 Å². The molecule has 2 rings (SSSR count). The van der Waals surface area contributed by atoms with E-state index in [4.69, 9.17) is 9.47 Å². The predicted molar refractivity (Wildman–Crippen MR) is 108 cm³/mol. The molecule has 0 saturated carbocycles. The third-order valence-corrected chi connectivity index (χ3v) is 4.60. The van der Waals surface area contributed by atoms with Crippen molar-refractivity contribution in [2.75, 3.05) is 25.1 Å². The quantitative estimate of drug-likeness (QED) is 0.507. The van der Waals surface area contributed by atoms with Crippen LogP contribution in [0.5, 0.6) is 11.5 Å². The van der Waals surface area contributed by atoms with Crippen molar-refractivity contribution in [2.45, 2.75) is 33.1 Å². The van der Waals surface area contributed by atoms with Gasteiger partial charge in [-0.15, -0.1) is 0 Å². The number of carbonyl (C=O) groups excluding carboxylic acids is 2. The van der Waals surface area contributed by atoms with E-state index in [0.717, 1.165) is 11.8 Å². The predicted octanol–water partition coefficient (Wildman–Crippen LogP) is 3.58. The van der Waals surface area contributed by atoms with E-state index in [2.05, 4.69) is 5.32 Å². The Kier molecular flexibility index (Phi) is 7.04. The number of benzene rings is 2. The van der Waals surface area contributed by atoms with Gasteiger partial charge in [-0.05, 0) is 51.0 Å². The second-order valence-electron chi connectivity index (χ2n) is 6.59. The van der Waals surface area contributed by atoms with Gasteiger partial charge in [0, 0.05) is 17.3 Å². The smallest absolute Gasteiger partial charge is 0.325 e. The number of hydrogen-bond donors (Lipinski definition) is 2.